The molecule has 1 aromatic carbocycles. The molecule has 1 saturated carbocycles. The Labute approximate surface area is 237 Å². The van der Waals surface area contributed by atoms with E-state index in [-0.39, 0.29) is 0 Å². The Morgan fingerprint density at radius 3 is 1.07 bits per heavy atom. The van der Waals surface area contributed by atoms with Crippen molar-refractivity contribution in [1.29, 1.82) is 0 Å². The molecule has 1 aromatic rings. The molecule has 262 valence electrons. The summed E-state index contributed by atoms with van der Waals surface area (Å²) in [6.07, 6.45) is -11.6. The summed E-state index contributed by atoms with van der Waals surface area (Å²) < 4.78 is 291. The molecule has 22 heteroatoms. The molecule has 2 rings (SSSR count). The lowest BCUT2D eigenvalue weighted by atomic mass is 9.73. The number of ether oxygens (including phenoxy) is 1. The minimum atomic E-state index is -9.16. The van der Waals surface area contributed by atoms with E-state index in [0.29, 0.717) is 11.3 Å². The molecule has 1 fully saturated rings. The van der Waals surface area contributed by atoms with E-state index in [1.54, 1.807) is 0 Å². The lowest BCUT2D eigenvalue weighted by Gasteiger charge is -2.46. The Bertz CT molecular complexity index is 1180. The van der Waals surface area contributed by atoms with Gasteiger partial charge in [-0.3, -0.25) is 0 Å². The van der Waals surface area contributed by atoms with Crippen LogP contribution in [0.1, 0.15) is 37.2 Å². The summed E-state index contributed by atoms with van der Waals surface area (Å²) in [5.41, 5.74) is 0.344. The molecule has 0 amide bonds. The number of alkyl halides is 21. The van der Waals surface area contributed by atoms with Crippen LogP contribution in [0.25, 0.3) is 0 Å². The Morgan fingerprint density at radius 2 is 0.756 bits per heavy atom. The first-order chi connectivity index (χ1) is 19.8. The number of halogens is 21. The maximum absolute atomic E-state index is 14.6. The van der Waals surface area contributed by atoms with Crippen LogP contribution in [0.5, 0.6) is 5.75 Å². The van der Waals surface area contributed by atoms with Gasteiger partial charge in [-0.1, -0.05) is 12.1 Å². The van der Waals surface area contributed by atoms with E-state index in [2.05, 4.69) is 0 Å². The standard InChI is InChI=1S/C23H17F21O/c1-45-13-8-4-11(5-9-13)10-2-6-12(7-3-10)14(24,25)15(26,27)16(28,29)17(30,31)18(32,33)19(34,35)20(36,37)21(38,39)22(40,41)23(42,43)44/h4-5,8-10,12H,2-3,6-7H2,1H3. The number of rotatable bonds is 11. The van der Waals surface area contributed by atoms with Gasteiger partial charge in [0.2, 0.25) is 0 Å². The number of benzene rings is 1. The van der Waals surface area contributed by atoms with Crippen molar-refractivity contribution in [3.63, 3.8) is 0 Å². The van der Waals surface area contributed by atoms with Crippen molar-refractivity contribution in [2.24, 2.45) is 5.92 Å². The first-order valence-electron chi connectivity index (χ1n) is 11.9. The van der Waals surface area contributed by atoms with Crippen LogP contribution in [-0.2, 0) is 0 Å². The zero-order valence-electron chi connectivity index (χ0n) is 21.6. The van der Waals surface area contributed by atoms with Crippen LogP contribution in [0.4, 0.5) is 92.2 Å². The molecule has 0 spiro atoms. The molecule has 0 heterocycles. The first kappa shape index (κ1) is 38.7. The van der Waals surface area contributed by atoms with Gasteiger partial charge in [-0.2, -0.15) is 92.2 Å². The van der Waals surface area contributed by atoms with Crippen LogP contribution >= 0.6 is 0 Å². The third-order valence-electron chi connectivity index (χ3n) is 7.36. The highest BCUT2D eigenvalue weighted by Gasteiger charge is 2.98. The first-order valence-corrected chi connectivity index (χ1v) is 11.9. The Kier molecular flexibility index (Phi) is 9.53. The maximum Gasteiger partial charge on any atom is 0.460 e. The van der Waals surface area contributed by atoms with Gasteiger partial charge in [0.1, 0.15) is 5.75 Å². The lowest BCUT2D eigenvalue weighted by Crippen LogP contribution is -2.77. The molecule has 0 radical (unpaired) electrons. The van der Waals surface area contributed by atoms with Crippen LogP contribution in [0, 0.1) is 5.92 Å². The molecule has 0 aliphatic heterocycles. The van der Waals surface area contributed by atoms with E-state index >= 15 is 0 Å². The number of methoxy groups -OCH3 is 1. The molecule has 0 saturated heterocycles. The second-order valence-corrected chi connectivity index (χ2v) is 10.0. The smallest absolute Gasteiger partial charge is 0.460 e. The molecule has 0 N–H and O–H groups in total. The maximum atomic E-state index is 14.6. The van der Waals surface area contributed by atoms with Crippen molar-refractivity contribution in [2.75, 3.05) is 7.11 Å². The molecule has 1 aliphatic carbocycles. The third kappa shape index (κ3) is 5.32. The minimum Gasteiger partial charge on any atom is -0.497 e. The highest BCUT2D eigenvalue weighted by Crippen LogP contribution is 2.67. The molecular weight excluding hydrogens is 691 g/mol. The van der Waals surface area contributed by atoms with Crippen molar-refractivity contribution in [2.45, 2.75) is 91.1 Å². The van der Waals surface area contributed by atoms with Gasteiger partial charge in [-0.05, 0) is 49.3 Å². The zero-order valence-corrected chi connectivity index (χ0v) is 21.6. The fourth-order valence-electron chi connectivity index (χ4n) is 4.49. The van der Waals surface area contributed by atoms with Crippen molar-refractivity contribution in [3.05, 3.63) is 29.8 Å². The number of hydrogen-bond donors (Lipinski definition) is 0. The third-order valence-corrected chi connectivity index (χ3v) is 7.36. The minimum absolute atomic E-state index is 0.291. The summed E-state index contributed by atoms with van der Waals surface area (Å²) in [7, 11) is 1.26. The van der Waals surface area contributed by atoms with Gasteiger partial charge in [-0.25, -0.2) is 0 Å². The van der Waals surface area contributed by atoms with E-state index in [9.17, 15) is 92.2 Å². The molecular formula is C23H17F21O. The molecule has 0 aromatic heterocycles. The van der Waals surface area contributed by atoms with Crippen LogP contribution in [0.2, 0.25) is 0 Å². The van der Waals surface area contributed by atoms with Gasteiger partial charge in [-0.15, -0.1) is 0 Å². The van der Waals surface area contributed by atoms with Gasteiger partial charge < -0.3 is 4.74 Å². The molecule has 1 nitrogen and oxygen atoms in total. The summed E-state index contributed by atoms with van der Waals surface area (Å²) in [5, 5.41) is 0. The molecule has 0 unspecified atom stereocenters. The highest BCUT2D eigenvalue weighted by atomic mass is 19.4. The van der Waals surface area contributed by atoms with Gasteiger partial charge in [0.05, 0.1) is 7.11 Å². The van der Waals surface area contributed by atoms with Crippen molar-refractivity contribution >= 4 is 0 Å². The predicted octanol–water partition coefficient (Wildman–Crippen LogP) is 10.2. The number of hydrogen-bond acceptors (Lipinski definition) is 1. The highest BCUT2D eigenvalue weighted by molar-refractivity contribution is 5.30. The normalized spacial score (nSPS) is 20.8. The Balaban J connectivity index is 2.48. The summed E-state index contributed by atoms with van der Waals surface area (Å²) in [5.74, 6) is -80.2. The second kappa shape index (κ2) is 11.1. The van der Waals surface area contributed by atoms with E-state index in [4.69, 9.17) is 4.74 Å². The van der Waals surface area contributed by atoms with Crippen molar-refractivity contribution in [1.82, 2.24) is 0 Å². The molecule has 1 aliphatic rings. The van der Waals surface area contributed by atoms with Crippen molar-refractivity contribution in [3.8, 4) is 5.75 Å². The largest absolute Gasteiger partial charge is 0.497 e. The Hall–Kier alpha value is -2.45. The van der Waals surface area contributed by atoms with Crippen LogP contribution < -0.4 is 4.74 Å². The average molecular weight is 708 g/mol. The van der Waals surface area contributed by atoms with Gasteiger partial charge in [0.25, 0.3) is 0 Å². The van der Waals surface area contributed by atoms with E-state index in [0.717, 1.165) is 0 Å². The molecule has 45 heavy (non-hydrogen) atoms. The van der Waals surface area contributed by atoms with Crippen LogP contribution in [0.3, 0.4) is 0 Å². The van der Waals surface area contributed by atoms with Gasteiger partial charge in [0, 0.05) is 5.92 Å². The van der Waals surface area contributed by atoms with Crippen molar-refractivity contribution < 1.29 is 96.9 Å². The van der Waals surface area contributed by atoms with E-state index in [1.165, 1.54) is 31.4 Å². The lowest BCUT2D eigenvalue weighted by molar-refractivity contribution is -0.475. The molecule has 0 atom stereocenters. The predicted molar refractivity (Wildman–Crippen MR) is 108 cm³/mol. The van der Waals surface area contributed by atoms with Crippen LogP contribution in [0.15, 0.2) is 24.3 Å². The fraction of sp³-hybridized carbons (Fsp3) is 0.739. The zero-order chi connectivity index (χ0) is 35.7. The summed E-state index contributed by atoms with van der Waals surface area (Å²) in [6, 6.07) is 5.42. The van der Waals surface area contributed by atoms with E-state index in [1.807, 2.05) is 0 Å². The summed E-state index contributed by atoms with van der Waals surface area (Å²) in [6.45, 7) is 0. The SMILES string of the molecule is COc1ccc(C2CCC(C(F)(F)C(F)(F)C(F)(F)C(F)(F)C(F)(F)C(F)(F)C(F)(F)C(F)(F)C(F)(F)C(F)(F)F)CC2)cc1. The molecule has 0 bridgehead atoms. The second-order valence-electron chi connectivity index (χ2n) is 10.0. The van der Waals surface area contributed by atoms with Gasteiger partial charge in [0.15, 0.2) is 0 Å². The summed E-state index contributed by atoms with van der Waals surface area (Å²) in [4.78, 5) is 0. The van der Waals surface area contributed by atoms with Crippen LogP contribution in [-0.4, -0.2) is 66.6 Å². The summed E-state index contributed by atoms with van der Waals surface area (Å²) >= 11 is 0. The quantitative estimate of drug-likeness (QED) is 0.208. The monoisotopic (exact) mass is 708 g/mol. The average Bonchev–Trinajstić information content (AvgIpc) is 2.91. The van der Waals surface area contributed by atoms with Gasteiger partial charge >= 0.3 is 59.5 Å². The fourth-order valence-corrected chi connectivity index (χ4v) is 4.49. The topological polar surface area (TPSA) is 9.23 Å². The van der Waals surface area contributed by atoms with E-state index < -0.39 is 97.0 Å². The Morgan fingerprint density at radius 1 is 0.444 bits per heavy atom.